The molecule has 0 unspecified atom stereocenters. The van der Waals surface area contributed by atoms with Gasteiger partial charge >= 0.3 is 0 Å². The van der Waals surface area contributed by atoms with Crippen molar-refractivity contribution in [3.8, 4) is 0 Å². The first kappa shape index (κ1) is 17.3. The summed E-state index contributed by atoms with van der Waals surface area (Å²) in [6, 6.07) is 7.88. The number of nitrogens with zero attached hydrogens (tertiary/aromatic N) is 7. The summed E-state index contributed by atoms with van der Waals surface area (Å²) in [5.41, 5.74) is 1.82. The molecule has 0 saturated heterocycles. The highest BCUT2D eigenvalue weighted by atomic mass is 32.2. The molecule has 1 aromatic carbocycles. The maximum Gasteiger partial charge on any atom is 0.223 e. The number of para-hydroxylation sites is 1. The molecular formula is C16H19N7OS. The van der Waals surface area contributed by atoms with Crippen molar-refractivity contribution >= 4 is 28.6 Å². The number of hydrogen-bond donors (Lipinski definition) is 0. The Bertz CT molecular complexity index is 895. The Hall–Kier alpha value is -2.55. The van der Waals surface area contributed by atoms with Crippen LogP contribution in [0.5, 0.6) is 0 Å². The zero-order chi connectivity index (χ0) is 17.8. The molecule has 25 heavy (non-hydrogen) atoms. The number of hydrogen-bond acceptors (Lipinski definition) is 7. The molecular weight excluding hydrogens is 338 g/mol. The van der Waals surface area contributed by atoms with Crippen molar-refractivity contribution in [1.82, 2.24) is 35.1 Å². The first-order valence-corrected chi connectivity index (χ1v) is 8.84. The van der Waals surface area contributed by atoms with E-state index in [0.717, 1.165) is 16.6 Å². The van der Waals surface area contributed by atoms with Crippen LogP contribution in [-0.2, 0) is 18.4 Å². The molecule has 3 aromatic rings. The minimum Gasteiger partial charge on any atom is -0.338 e. The van der Waals surface area contributed by atoms with Crippen LogP contribution >= 0.6 is 11.8 Å². The number of thioether (sulfide) groups is 1. The van der Waals surface area contributed by atoms with Gasteiger partial charge in [0.15, 0.2) is 0 Å². The van der Waals surface area contributed by atoms with Crippen molar-refractivity contribution in [2.75, 3.05) is 12.8 Å². The average molecular weight is 357 g/mol. The molecule has 8 nitrogen and oxygen atoms in total. The van der Waals surface area contributed by atoms with Gasteiger partial charge in [0.25, 0.3) is 0 Å². The Morgan fingerprint density at radius 1 is 1.28 bits per heavy atom. The van der Waals surface area contributed by atoms with Crippen LogP contribution in [0.25, 0.3) is 10.9 Å². The molecule has 0 bridgehead atoms. The first-order chi connectivity index (χ1) is 12.0. The minimum absolute atomic E-state index is 0.0389. The van der Waals surface area contributed by atoms with E-state index in [1.807, 2.05) is 31.2 Å². The van der Waals surface area contributed by atoms with Gasteiger partial charge in [-0.1, -0.05) is 30.0 Å². The normalized spacial score (nSPS) is 11.0. The van der Waals surface area contributed by atoms with Crippen molar-refractivity contribution in [3.05, 3.63) is 35.8 Å². The zero-order valence-corrected chi connectivity index (χ0v) is 15.2. The molecule has 9 heteroatoms. The van der Waals surface area contributed by atoms with E-state index in [9.17, 15) is 4.79 Å². The van der Waals surface area contributed by atoms with E-state index in [1.165, 1.54) is 11.8 Å². The van der Waals surface area contributed by atoms with E-state index in [-0.39, 0.29) is 5.91 Å². The molecule has 1 amide bonds. The summed E-state index contributed by atoms with van der Waals surface area (Å²) < 4.78 is 1.59. The predicted molar refractivity (Wildman–Crippen MR) is 94.9 cm³/mol. The number of aromatic nitrogens is 6. The van der Waals surface area contributed by atoms with E-state index in [0.29, 0.717) is 29.7 Å². The van der Waals surface area contributed by atoms with Crippen LogP contribution in [0.3, 0.4) is 0 Å². The molecule has 0 radical (unpaired) electrons. The standard InChI is InChI=1S/C16H19N7OS/c1-11-12-6-4-5-7-13(12)18-14(17-11)10-22(2)15(24)8-9-25-16-19-20-21-23(16)3/h4-7H,8-10H2,1-3H3. The topological polar surface area (TPSA) is 89.7 Å². The molecule has 0 N–H and O–H groups in total. The first-order valence-electron chi connectivity index (χ1n) is 7.86. The lowest BCUT2D eigenvalue weighted by molar-refractivity contribution is -0.130. The lowest BCUT2D eigenvalue weighted by Crippen LogP contribution is -2.27. The summed E-state index contributed by atoms with van der Waals surface area (Å²) in [6.07, 6.45) is 0.403. The summed E-state index contributed by atoms with van der Waals surface area (Å²) in [5, 5.41) is 13.0. The van der Waals surface area contributed by atoms with E-state index < -0.39 is 0 Å². The zero-order valence-electron chi connectivity index (χ0n) is 14.4. The van der Waals surface area contributed by atoms with Crippen LogP contribution in [0.2, 0.25) is 0 Å². The second-order valence-electron chi connectivity index (χ2n) is 5.68. The lowest BCUT2D eigenvalue weighted by Gasteiger charge is -2.16. The number of amides is 1. The minimum atomic E-state index is 0.0389. The highest BCUT2D eigenvalue weighted by Crippen LogP contribution is 2.16. The number of benzene rings is 1. The second kappa shape index (κ2) is 7.56. The Morgan fingerprint density at radius 3 is 2.84 bits per heavy atom. The van der Waals surface area contributed by atoms with E-state index in [4.69, 9.17) is 0 Å². The monoisotopic (exact) mass is 357 g/mol. The fourth-order valence-electron chi connectivity index (χ4n) is 2.43. The van der Waals surface area contributed by atoms with Gasteiger partial charge in [-0.2, -0.15) is 0 Å². The Balaban J connectivity index is 1.58. The second-order valence-corrected chi connectivity index (χ2v) is 6.74. The summed E-state index contributed by atoms with van der Waals surface area (Å²) in [4.78, 5) is 23.0. The Kier molecular flexibility index (Phi) is 5.22. The molecule has 2 heterocycles. The van der Waals surface area contributed by atoms with Gasteiger partial charge in [0, 0.05) is 37.3 Å². The molecule has 0 aliphatic carbocycles. The van der Waals surface area contributed by atoms with Crippen molar-refractivity contribution < 1.29 is 4.79 Å². The van der Waals surface area contributed by atoms with Crippen LogP contribution in [0.4, 0.5) is 0 Å². The molecule has 0 saturated carbocycles. The Labute approximate surface area is 149 Å². The highest BCUT2D eigenvalue weighted by molar-refractivity contribution is 7.99. The van der Waals surface area contributed by atoms with E-state index in [1.54, 1.807) is 23.7 Å². The maximum absolute atomic E-state index is 12.3. The van der Waals surface area contributed by atoms with Crippen molar-refractivity contribution in [3.63, 3.8) is 0 Å². The van der Waals surface area contributed by atoms with Crippen molar-refractivity contribution in [2.45, 2.75) is 25.0 Å². The van der Waals surface area contributed by atoms with Gasteiger partial charge in [-0.25, -0.2) is 14.6 Å². The van der Waals surface area contributed by atoms with Crippen molar-refractivity contribution in [1.29, 1.82) is 0 Å². The number of tetrazole rings is 1. The smallest absolute Gasteiger partial charge is 0.223 e. The fourth-order valence-corrected chi connectivity index (χ4v) is 3.21. The molecule has 2 aromatic heterocycles. The van der Waals surface area contributed by atoms with Gasteiger partial charge in [0.2, 0.25) is 11.1 Å². The van der Waals surface area contributed by atoms with Crippen molar-refractivity contribution in [2.24, 2.45) is 7.05 Å². The number of rotatable bonds is 6. The summed E-state index contributed by atoms with van der Waals surface area (Å²) in [5.74, 6) is 1.31. The van der Waals surface area contributed by atoms with Crippen LogP contribution in [-0.4, -0.2) is 53.8 Å². The third kappa shape index (κ3) is 4.11. The summed E-state index contributed by atoms with van der Waals surface area (Å²) >= 11 is 1.46. The number of fused-ring (bicyclic) bond motifs is 1. The van der Waals surface area contributed by atoms with Crippen LogP contribution in [0.1, 0.15) is 17.9 Å². The third-order valence-electron chi connectivity index (χ3n) is 3.77. The molecule has 0 fully saturated rings. The molecule has 3 rings (SSSR count). The van der Waals surface area contributed by atoms with Gasteiger partial charge in [-0.15, -0.1) is 5.10 Å². The molecule has 130 valence electrons. The van der Waals surface area contributed by atoms with Crippen LogP contribution < -0.4 is 0 Å². The van der Waals surface area contributed by atoms with Crippen LogP contribution in [0, 0.1) is 6.92 Å². The average Bonchev–Trinajstić information content (AvgIpc) is 3.00. The molecule has 0 atom stereocenters. The highest BCUT2D eigenvalue weighted by Gasteiger charge is 2.13. The molecule has 0 spiro atoms. The number of aryl methyl sites for hydroxylation is 2. The molecule has 0 aliphatic rings. The van der Waals surface area contributed by atoms with Gasteiger partial charge in [-0.05, 0) is 23.4 Å². The van der Waals surface area contributed by atoms with Gasteiger partial charge in [0.1, 0.15) is 5.82 Å². The largest absolute Gasteiger partial charge is 0.338 e. The summed E-state index contributed by atoms with van der Waals surface area (Å²) in [6.45, 7) is 2.35. The van der Waals surface area contributed by atoms with E-state index in [2.05, 4.69) is 25.5 Å². The lowest BCUT2D eigenvalue weighted by atomic mass is 10.2. The Morgan fingerprint density at radius 2 is 2.08 bits per heavy atom. The third-order valence-corrected chi connectivity index (χ3v) is 4.79. The summed E-state index contributed by atoms with van der Waals surface area (Å²) in [7, 11) is 3.54. The molecule has 0 aliphatic heterocycles. The fraction of sp³-hybridized carbons (Fsp3) is 0.375. The SMILES string of the molecule is Cc1nc(CN(C)C(=O)CCSc2nnnn2C)nc2ccccc12. The van der Waals surface area contributed by atoms with Gasteiger partial charge < -0.3 is 4.90 Å². The van der Waals surface area contributed by atoms with Gasteiger partial charge in [-0.3, -0.25) is 4.79 Å². The van der Waals surface area contributed by atoms with Crippen LogP contribution in [0.15, 0.2) is 29.4 Å². The maximum atomic E-state index is 12.3. The quantitative estimate of drug-likeness (QED) is 0.619. The van der Waals surface area contributed by atoms with Gasteiger partial charge in [0.05, 0.1) is 12.1 Å². The predicted octanol–water partition coefficient (Wildman–Crippen LogP) is 1.60. The van der Waals surface area contributed by atoms with E-state index >= 15 is 0 Å². The number of carbonyl (C=O) groups is 1. The number of carbonyl (C=O) groups excluding carboxylic acids is 1.